The molecule has 0 saturated heterocycles. The maximum absolute atomic E-state index is 12.3. The summed E-state index contributed by atoms with van der Waals surface area (Å²) >= 11 is 17.9. The van der Waals surface area contributed by atoms with Crippen molar-refractivity contribution >= 4 is 46.4 Å². The van der Waals surface area contributed by atoms with E-state index in [0.29, 0.717) is 21.5 Å². The molecule has 3 aromatic rings. The van der Waals surface area contributed by atoms with Crippen LogP contribution >= 0.6 is 34.8 Å². The second-order valence-corrected chi connectivity index (χ2v) is 6.28. The van der Waals surface area contributed by atoms with Gasteiger partial charge in [0.2, 0.25) is 0 Å². The van der Waals surface area contributed by atoms with Crippen molar-refractivity contribution in [3.8, 4) is 5.75 Å². The first kappa shape index (κ1) is 17.6. The fourth-order valence-corrected chi connectivity index (χ4v) is 2.64. The molecule has 0 aliphatic rings. The monoisotopic (exact) mass is 395 g/mol. The van der Waals surface area contributed by atoms with Gasteiger partial charge in [-0.2, -0.15) is 5.10 Å². The fraction of sp³-hybridized carbons (Fsp3) is 0.0588. The maximum atomic E-state index is 12.3. The van der Waals surface area contributed by atoms with Crippen LogP contribution in [-0.4, -0.2) is 15.7 Å². The molecule has 3 rings (SSSR count). The van der Waals surface area contributed by atoms with Gasteiger partial charge in [-0.05, 0) is 30.3 Å². The molecular weight excluding hydrogens is 385 g/mol. The first-order valence-corrected chi connectivity index (χ1v) is 8.32. The van der Waals surface area contributed by atoms with Gasteiger partial charge in [0, 0.05) is 5.02 Å². The summed E-state index contributed by atoms with van der Waals surface area (Å²) in [5, 5.41) is 7.95. The lowest BCUT2D eigenvalue weighted by molar-refractivity contribution is 0.102. The highest BCUT2D eigenvalue weighted by molar-refractivity contribution is 6.44. The van der Waals surface area contributed by atoms with Gasteiger partial charge in [-0.15, -0.1) is 0 Å². The SMILES string of the molecule is O=C(Nc1cnn(COc2cccc(Cl)c2)c1)c1cccc(Cl)c1Cl. The third-order valence-corrected chi connectivity index (χ3v) is 4.30. The average molecular weight is 397 g/mol. The molecule has 0 aliphatic heterocycles. The van der Waals surface area contributed by atoms with E-state index in [9.17, 15) is 4.79 Å². The molecule has 0 radical (unpaired) electrons. The van der Waals surface area contributed by atoms with E-state index in [2.05, 4.69) is 10.4 Å². The van der Waals surface area contributed by atoms with Gasteiger partial charge in [-0.3, -0.25) is 4.79 Å². The number of nitrogens with one attached hydrogen (secondary N) is 1. The van der Waals surface area contributed by atoms with Gasteiger partial charge in [0.1, 0.15) is 5.75 Å². The normalized spacial score (nSPS) is 10.5. The fourth-order valence-electron chi connectivity index (χ4n) is 2.07. The first-order valence-electron chi connectivity index (χ1n) is 7.19. The van der Waals surface area contributed by atoms with E-state index < -0.39 is 0 Å². The number of nitrogens with zero attached hydrogens (tertiary/aromatic N) is 2. The number of rotatable bonds is 5. The summed E-state index contributed by atoms with van der Waals surface area (Å²) in [7, 11) is 0. The molecule has 0 spiro atoms. The highest BCUT2D eigenvalue weighted by Crippen LogP contribution is 2.26. The molecule has 0 bridgehead atoms. The Balaban J connectivity index is 1.63. The van der Waals surface area contributed by atoms with Crippen molar-refractivity contribution in [1.82, 2.24) is 9.78 Å². The lowest BCUT2D eigenvalue weighted by atomic mass is 10.2. The molecule has 8 heteroatoms. The molecule has 0 saturated carbocycles. The van der Waals surface area contributed by atoms with E-state index in [1.165, 1.54) is 10.9 Å². The lowest BCUT2D eigenvalue weighted by Gasteiger charge is -2.07. The highest BCUT2D eigenvalue weighted by Gasteiger charge is 2.13. The summed E-state index contributed by atoms with van der Waals surface area (Å²) in [4.78, 5) is 12.3. The number of anilines is 1. The number of hydrogen-bond acceptors (Lipinski definition) is 3. The summed E-state index contributed by atoms with van der Waals surface area (Å²) in [6, 6.07) is 11.9. The molecule has 0 unspecified atom stereocenters. The Morgan fingerprint density at radius 3 is 2.76 bits per heavy atom. The number of hydrogen-bond donors (Lipinski definition) is 1. The zero-order valence-corrected chi connectivity index (χ0v) is 15.0. The van der Waals surface area contributed by atoms with E-state index in [0.717, 1.165) is 0 Å². The van der Waals surface area contributed by atoms with Crippen LogP contribution in [0.25, 0.3) is 0 Å². The Morgan fingerprint density at radius 1 is 1.16 bits per heavy atom. The predicted octanol–water partition coefficient (Wildman–Crippen LogP) is 5.13. The minimum absolute atomic E-state index is 0.175. The Labute approximate surface area is 159 Å². The molecule has 0 aliphatic carbocycles. The number of ether oxygens (including phenoxy) is 1. The Hall–Kier alpha value is -2.21. The van der Waals surface area contributed by atoms with E-state index in [1.54, 1.807) is 48.7 Å². The average Bonchev–Trinajstić information content (AvgIpc) is 3.03. The summed E-state index contributed by atoms with van der Waals surface area (Å²) in [5.41, 5.74) is 0.799. The summed E-state index contributed by atoms with van der Waals surface area (Å²) < 4.78 is 7.11. The zero-order valence-electron chi connectivity index (χ0n) is 12.7. The molecule has 0 atom stereocenters. The minimum atomic E-state index is -0.372. The number of benzene rings is 2. The Bertz CT molecular complexity index is 912. The number of aromatic nitrogens is 2. The standard InChI is InChI=1S/C17H12Cl3N3O2/c18-11-3-1-4-13(7-11)25-10-23-9-12(8-21-23)22-17(24)14-5-2-6-15(19)16(14)20/h1-9H,10H2,(H,22,24). The van der Waals surface area contributed by atoms with Gasteiger partial charge in [0.25, 0.3) is 5.91 Å². The van der Waals surface area contributed by atoms with Gasteiger partial charge in [-0.25, -0.2) is 4.68 Å². The van der Waals surface area contributed by atoms with Crippen LogP contribution in [-0.2, 0) is 6.73 Å². The molecule has 5 nitrogen and oxygen atoms in total. The quantitative estimate of drug-likeness (QED) is 0.650. The minimum Gasteiger partial charge on any atom is -0.471 e. The number of carbonyl (C=O) groups excluding carboxylic acids is 1. The number of carbonyl (C=O) groups is 1. The maximum Gasteiger partial charge on any atom is 0.257 e. The van der Waals surface area contributed by atoms with Crippen molar-refractivity contribution in [1.29, 1.82) is 0 Å². The predicted molar refractivity (Wildman–Crippen MR) is 98.7 cm³/mol. The topological polar surface area (TPSA) is 56.2 Å². The summed E-state index contributed by atoms with van der Waals surface area (Å²) in [6.45, 7) is 0.175. The highest BCUT2D eigenvalue weighted by atomic mass is 35.5. The van der Waals surface area contributed by atoms with Crippen LogP contribution in [0, 0.1) is 0 Å². The Kier molecular flexibility index (Phi) is 5.48. The van der Waals surface area contributed by atoms with E-state index in [4.69, 9.17) is 39.5 Å². The van der Waals surface area contributed by atoms with Gasteiger partial charge in [0.05, 0.1) is 33.7 Å². The van der Waals surface area contributed by atoms with Crippen molar-refractivity contribution in [3.05, 3.63) is 75.5 Å². The van der Waals surface area contributed by atoms with Crippen LogP contribution in [0.2, 0.25) is 15.1 Å². The van der Waals surface area contributed by atoms with E-state index in [-0.39, 0.29) is 23.2 Å². The van der Waals surface area contributed by atoms with Gasteiger partial charge in [-0.1, -0.05) is 46.9 Å². The van der Waals surface area contributed by atoms with Crippen LogP contribution in [0.1, 0.15) is 10.4 Å². The second-order valence-electron chi connectivity index (χ2n) is 5.05. The smallest absolute Gasteiger partial charge is 0.257 e. The molecule has 1 amide bonds. The molecule has 128 valence electrons. The molecule has 1 aromatic heterocycles. The Morgan fingerprint density at radius 2 is 1.96 bits per heavy atom. The zero-order chi connectivity index (χ0) is 17.8. The molecule has 25 heavy (non-hydrogen) atoms. The van der Waals surface area contributed by atoms with Crippen molar-refractivity contribution < 1.29 is 9.53 Å². The van der Waals surface area contributed by atoms with Crippen molar-refractivity contribution in [2.45, 2.75) is 6.73 Å². The molecule has 2 aromatic carbocycles. The van der Waals surface area contributed by atoms with Gasteiger partial charge < -0.3 is 10.1 Å². The summed E-state index contributed by atoms with van der Waals surface area (Å²) in [6.07, 6.45) is 3.15. The molecule has 0 fully saturated rings. The van der Waals surface area contributed by atoms with Crippen LogP contribution in [0.4, 0.5) is 5.69 Å². The lowest BCUT2D eigenvalue weighted by Crippen LogP contribution is -2.12. The molecular formula is C17H12Cl3N3O2. The van der Waals surface area contributed by atoms with E-state index in [1.807, 2.05) is 0 Å². The number of halogens is 3. The molecule has 1 heterocycles. The second kappa shape index (κ2) is 7.78. The third kappa shape index (κ3) is 4.45. The number of amides is 1. The van der Waals surface area contributed by atoms with Crippen LogP contribution in [0.15, 0.2) is 54.9 Å². The van der Waals surface area contributed by atoms with Crippen molar-refractivity contribution in [2.75, 3.05) is 5.32 Å². The van der Waals surface area contributed by atoms with Crippen LogP contribution in [0.5, 0.6) is 5.75 Å². The van der Waals surface area contributed by atoms with Crippen LogP contribution < -0.4 is 10.1 Å². The van der Waals surface area contributed by atoms with Crippen molar-refractivity contribution in [2.24, 2.45) is 0 Å². The van der Waals surface area contributed by atoms with Gasteiger partial charge in [0.15, 0.2) is 6.73 Å². The van der Waals surface area contributed by atoms with Gasteiger partial charge >= 0.3 is 0 Å². The molecule has 1 N–H and O–H groups in total. The largest absolute Gasteiger partial charge is 0.471 e. The third-order valence-electron chi connectivity index (χ3n) is 3.25. The first-order chi connectivity index (χ1) is 12.0. The van der Waals surface area contributed by atoms with E-state index >= 15 is 0 Å². The van der Waals surface area contributed by atoms with Crippen molar-refractivity contribution in [3.63, 3.8) is 0 Å². The van der Waals surface area contributed by atoms with Crippen LogP contribution in [0.3, 0.4) is 0 Å². The summed E-state index contributed by atoms with van der Waals surface area (Å²) in [5.74, 6) is 0.252.